The summed E-state index contributed by atoms with van der Waals surface area (Å²) in [4.78, 5) is 4.16. The Labute approximate surface area is 134 Å². The van der Waals surface area contributed by atoms with Gasteiger partial charge in [-0.15, -0.1) is 0 Å². The van der Waals surface area contributed by atoms with E-state index in [1.54, 1.807) is 12.1 Å². The van der Waals surface area contributed by atoms with Gasteiger partial charge in [0.15, 0.2) is 0 Å². The number of pyridine rings is 1. The molecule has 0 bridgehead atoms. The minimum absolute atomic E-state index is 0.103. The van der Waals surface area contributed by atoms with Gasteiger partial charge in [0.2, 0.25) is 0 Å². The highest BCUT2D eigenvalue weighted by Crippen LogP contribution is 2.32. The van der Waals surface area contributed by atoms with Crippen LogP contribution in [0.1, 0.15) is 23.6 Å². The number of benzene rings is 2. The first-order valence-electron chi connectivity index (χ1n) is 7.78. The number of nitrogens with one attached hydrogen (secondary N) is 1. The van der Waals surface area contributed by atoms with Crippen molar-refractivity contribution >= 4 is 10.8 Å². The SMILES string of the molecule is Fc1ccc2c(c1)C(NCc1cccc3cnccc13)CCO2. The molecule has 0 aliphatic carbocycles. The van der Waals surface area contributed by atoms with Crippen LogP contribution in [0.3, 0.4) is 0 Å². The van der Waals surface area contributed by atoms with Crippen molar-refractivity contribution in [2.45, 2.75) is 19.0 Å². The number of rotatable bonds is 3. The molecular weight excluding hydrogens is 291 g/mol. The van der Waals surface area contributed by atoms with E-state index in [2.05, 4.69) is 22.4 Å². The first kappa shape index (κ1) is 14.2. The molecule has 0 amide bonds. The maximum atomic E-state index is 13.5. The number of fused-ring (bicyclic) bond motifs is 2. The lowest BCUT2D eigenvalue weighted by molar-refractivity contribution is 0.251. The Morgan fingerprint density at radius 1 is 1.22 bits per heavy atom. The van der Waals surface area contributed by atoms with Crippen LogP contribution in [0.25, 0.3) is 10.8 Å². The minimum Gasteiger partial charge on any atom is -0.493 e. The van der Waals surface area contributed by atoms with E-state index < -0.39 is 0 Å². The summed E-state index contributed by atoms with van der Waals surface area (Å²) < 4.78 is 19.2. The molecule has 23 heavy (non-hydrogen) atoms. The summed E-state index contributed by atoms with van der Waals surface area (Å²) in [7, 11) is 0. The zero-order valence-corrected chi connectivity index (χ0v) is 12.6. The second kappa shape index (κ2) is 5.97. The van der Waals surface area contributed by atoms with Crippen LogP contribution in [0, 0.1) is 5.82 Å². The van der Waals surface area contributed by atoms with Crippen molar-refractivity contribution in [1.82, 2.24) is 10.3 Å². The van der Waals surface area contributed by atoms with Crippen molar-refractivity contribution < 1.29 is 9.13 Å². The van der Waals surface area contributed by atoms with Gasteiger partial charge >= 0.3 is 0 Å². The number of halogens is 1. The van der Waals surface area contributed by atoms with E-state index in [1.807, 2.05) is 24.5 Å². The lowest BCUT2D eigenvalue weighted by atomic mass is 9.99. The van der Waals surface area contributed by atoms with E-state index in [0.717, 1.165) is 29.7 Å². The van der Waals surface area contributed by atoms with Crippen LogP contribution in [0.4, 0.5) is 4.39 Å². The number of aromatic nitrogens is 1. The molecule has 3 nitrogen and oxygen atoms in total. The molecule has 3 aromatic rings. The van der Waals surface area contributed by atoms with Crippen LogP contribution in [0.2, 0.25) is 0 Å². The predicted molar refractivity (Wildman–Crippen MR) is 87.8 cm³/mol. The smallest absolute Gasteiger partial charge is 0.124 e. The van der Waals surface area contributed by atoms with E-state index in [0.29, 0.717) is 6.61 Å². The van der Waals surface area contributed by atoms with Crippen LogP contribution in [-0.2, 0) is 6.54 Å². The van der Waals surface area contributed by atoms with Gasteiger partial charge in [0.05, 0.1) is 6.61 Å². The van der Waals surface area contributed by atoms with Crippen molar-refractivity contribution in [2.75, 3.05) is 6.61 Å². The summed E-state index contributed by atoms with van der Waals surface area (Å²) in [6.07, 6.45) is 4.52. The Bertz CT molecular complexity index is 844. The topological polar surface area (TPSA) is 34.2 Å². The van der Waals surface area contributed by atoms with E-state index in [9.17, 15) is 4.39 Å². The molecule has 4 heteroatoms. The Hall–Kier alpha value is -2.46. The number of hydrogen-bond donors (Lipinski definition) is 1. The average molecular weight is 308 g/mol. The molecule has 0 saturated carbocycles. The maximum Gasteiger partial charge on any atom is 0.124 e. The summed E-state index contributed by atoms with van der Waals surface area (Å²) in [5.74, 6) is 0.551. The van der Waals surface area contributed by atoms with Crippen molar-refractivity contribution in [1.29, 1.82) is 0 Å². The van der Waals surface area contributed by atoms with Crippen molar-refractivity contribution in [3.05, 3.63) is 71.8 Å². The minimum atomic E-state index is -0.225. The largest absolute Gasteiger partial charge is 0.493 e. The number of nitrogens with zero attached hydrogens (tertiary/aromatic N) is 1. The second-order valence-electron chi connectivity index (χ2n) is 5.77. The summed E-state index contributed by atoms with van der Waals surface area (Å²) in [6.45, 7) is 1.37. The van der Waals surface area contributed by atoms with E-state index in [-0.39, 0.29) is 11.9 Å². The molecule has 1 aliphatic heterocycles. The molecule has 4 rings (SSSR count). The van der Waals surface area contributed by atoms with Crippen molar-refractivity contribution in [3.8, 4) is 5.75 Å². The van der Waals surface area contributed by atoms with E-state index in [4.69, 9.17) is 4.74 Å². The first-order chi connectivity index (χ1) is 11.3. The zero-order chi connectivity index (χ0) is 15.6. The number of hydrogen-bond acceptors (Lipinski definition) is 3. The molecule has 116 valence electrons. The van der Waals surface area contributed by atoms with Crippen LogP contribution in [0.5, 0.6) is 5.75 Å². The molecule has 2 heterocycles. The lowest BCUT2D eigenvalue weighted by Crippen LogP contribution is -2.27. The Morgan fingerprint density at radius 2 is 2.17 bits per heavy atom. The van der Waals surface area contributed by atoms with Crippen LogP contribution >= 0.6 is 0 Å². The van der Waals surface area contributed by atoms with E-state index >= 15 is 0 Å². The van der Waals surface area contributed by atoms with Crippen LogP contribution < -0.4 is 10.1 Å². The third kappa shape index (κ3) is 2.78. The highest BCUT2D eigenvalue weighted by atomic mass is 19.1. The van der Waals surface area contributed by atoms with Gasteiger partial charge in [0.25, 0.3) is 0 Å². The van der Waals surface area contributed by atoms with Gasteiger partial charge in [0.1, 0.15) is 11.6 Å². The van der Waals surface area contributed by atoms with Gasteiger partial charge in [-0.2, -0.15) is 0 Å². The second-order valence-corrected chi connectivity index (χ2v) is 5.77. The third-order valence-corrected chi connectivity index (χ3v) is 4.32. The Balaban J connectivity index is 1.59. The monoisotopic (exact) mass is 308 g/mol. The van der Waals surface area contributed by atoms with Gasteiger partial charge in [0, 0.05) is 42.4 Å². The lowest BCUT2D eigenvalue weighted by Gasteiger charge is -2.27. The van der Waals surface area contributed by atoms with Gasteiger partial charge < -0.3 is 10.1 Å². The fraction of sp³-hybridized carbons (Fsp3) is 0.211. The van der Waals surface area contributed by atoms with Gasteiger partial charge in [-0.25, -0.2) is 4.39 Å². The first-order valence-corrected chi connectivity index (χ1v) is 7.78. The normalized spacial score (nSPS) is 16.8. The van der Waals surface area contributed by atoms with Crippen molar-refractivity contribution in [2.24, 2.45) is 0 Å². The summed E-state index contributed by atoms with van der Waals surface area (Å²) in [6, 6.07) is 13.1. The Kier molecular flexibility index (Phi) is 3.67. The highest BCUT2D eigenvalue weighted by molar-refractivity contribution is 5.84. The quantitative estimate of drug-likeness (QED) is 0.794. The molecule has 1 atom stereocenters. The Morgan fingerprint density at radius 3 is 3.13 bits per heavy atom. The summed E-state index contributed by atoms with van der Waals surface area (Å²) in [5.41, 5.74) is 2.12. The molecule has 1 unspecified atom stereocenters. The molecular formula is C19H17FN2O. The standard InChI is InChI=1S/C19H17FN2O/c20-15-4-5-19-17(10-15)18(7-9-23-19)22-12-14-3-1-2-13-11-21-8-6-16(13)14/h1-6,8,10-11,18,22H,7,9,12H2. The molecule has 0 saturated heterocycles. The molecule has 0 fully saturated rings. The third-order valence-electron chi connectivity index (χ3n) is 4.32. The fourth-order valence-electron chi connectivity index (χ4n) is 3.15. The maximum absolute atomic E-state index is 13.5. The van der Waals surface area contributed by atoms with Gasteiger partial charge in [-0.05, 0) is 35.2 Å². The molecule has 1 aromatic heterocycles. The molecule has 0 radical (unpaired) electrons. The summed E-state index contributed by atoms with van der Waals surface area (Å²) in [5, 5.41) is 5.87. The number of ether oxygens (including phenoxy) is 1. The molecule has 1 aliphatic rings. The molecule has 0 spiro atoms. The van der Waals surface area contributed by atoms with Crippen LogP contribution in [-0.4, -0.2) is 11.6 Å². The van der Waals surface area contributed by atoms with Gasteiger partial charge in [-0.1, -0.05) is 18.2 Å². The van der Waals surface area contributed by atoms with E-state index in [1.165, 1.54) is 17.0 Å². The summed E-state index contributed by atoms with van der Waals surface area (Å²) >= 11 is 0. The predicted octanol–water partition coefficient (Wildman–Crippen LogP) is 3.99. The molecule has 1 N–H and O–H groups in total. The van der Waals surface area contributed by atoms with Gasteiger partial charge in [-0.3, -0.25) is 4.98 Å². The molecule has 2 aromatic carbocycles. The fourth-order valence-corrected chi connectivity index (χ4v) is 3.15. The highest BCUT2D eigenvalue weighted by Gasteiger charge is 2.21. The van der Waals surface area contributed by atoms with Crippen LogP contribution in [0.15, 0.2) is 54.9 Å². The van der Waals surface area contributed by atoms with Crippen molar-refractivity contribution in [3.63, 3.8) is 0 Å². The zero-order valence-electron chi connectivity index (χ0n) is 12.6. The average Bonchev–Trinajstić information content (AvgIpc) is 2.60.